The molecule has 0 radical (unpaired) electrons. The number of aliphatic hydroxyl groups is 1. The van der Waals surface area contributed by atoms with Gasteiger partial charge < -0.3 is 15.2 Å². The van der Waals surface area contributed by atoms with Crippen LogP contribution >= 0.6 is 0 Å². The van der Waals surface area contributed by atoms with Gasteiger partial charge in [0.05, 0.1) is 13.2 Å². The zero-order chi connectivity index (χ0) is 15.0. The van der Waals surface area contributed by atoms with Crippen LogP contribution in [0.5, 0.6) is 0 Å². The molecule has 0 spiro atoms. The van der Waals surface area contributed by atoms with E-state index in [1.165, 1.54) is 19.3 Å². The Hall–Kier alpha value is -0.160. The Morgan fingerprint density at radius 3 is 2.70 bits per heavy atom. The largest absolute Gasteiger partial charge is 0.395 e. The predicted octanol–water partition coefficient (Wildman–Crippen LogP) is 1.73. The van der Waals surface area contributed by atoms with E-state index in [4.69, 9.17) is 4.74 Å². The summed E-state index contributed by atoms with van der Waals surface area (Å²) < 4.78 is 5.18. The van der Waals surface area contributed by atoms with Crippen LogP contribution in [-0.2, 0) is 4.74 Å². The zero-order valence-corrected chi connectivity index (χ0v) is 13.8. The molecule has 2 unspecified atom stereocenters. The van der Waals surface area contributed by atoms with Crippen LogP contribution in [0, 0.1) is 11.3 Å². The van der Waals surface area contributed by atoms with Crippen LogP contribution in [0.2, 0.25) is 0 Å². The highest BCUT2D eigenvalue weighted by molar-refractivity contribution is 4.97. The van der Waals surface area contributed by atoms with Gasteiger partial charge in [0.25, 0.3) is 0 Å². The number of nitrogens with one attached hydrogen (secondary N) is 1. The normalized spacial score (nSPS) is 25.5. The van der Waals surface area contributed by atoms with Gasteiger partial charge in [-0.1, -0.05) is 20.8 Å². The van der Waals surface area contributed by atoms with Gasteiger partial charge in [-0.2, -0.15) is 0 Å². The van der Waals surface area contributed by atoms with Crippen molar-refractivity contribution in [3.8, 4) is 0 Å². The molecule has 0 aromatic heterocycles. The molecule has 0 saturated heterocycles. The molecule has 120 valence electrons. The molecule has 0 amide bonds. The van der Waals surface area contributed by atoms with Gasteiger partial charge in [0.1, 0.15) is 0 Å². The van der Waals surface area contributed by atoms with Gasteiger partial charge in [0, 0.05) is 32.8 Å². The van der Waals surface area contributed by atoms with Crippen LogP contribution in [0.3, 0.4) is 0 Å². The van der Waals surface area contributed by atoms with Crippen molar-refractivity contribution < 1.29 is 9.84 Å². The van der Waals surface area contributed by atoms with Crippen molar-refractivity contribution in [1.82, 2.24) is 10.2 Å². The topological polar surface area (TPSA) is 44.7 Å². The minimum atomic E-state index is 0.229. The first kappa shape index (κ1) is 17.9. The molecular formula is C16H34N2O2. The van der Waals surface area contributed by atoms with Crippen LogP contribution in [0.1, 0.15) is 40.0 Å². The van der Waals surface area contributed by atoms with Crippen molar-refractivity contribution in [3.05, 3.63) is 0 Å². The van der Waals surface area contributed by atoms with E-state index in [9.17, 15) is 5.11 Å². The van der Waals surface area contributed by atoms with Crippen LogP contribution in [0.15, 0.2) is 0 Å². The molecule has 1 fully saturated rings. The van der Waals surface area contributed by atoms with E-state index < -0.39 is 0 Å². The molecule has 1 rings (SSSR count). The van der Waals surface area contributed by atoms with E-state index in [-0.39, 0.29) is 6.61 Å². The fourth-order valence-electron chi connectivity index (χ4n) is 3.44. The number of hydrogen-bond donors (Lipinski definition) is 2. The van der Waals surface area contributed by atoms with Crippen molar-refractivity contribution in [2.75, 3.05) is 46.5 Å². The molecule has 20 heavy (non-hydrogen) atoms. The lowest BCUT2D eigenvalue weighted by molar-refractivity contribution is 0.110. The average molecular weight is 286 g/mol. The van der Waals surface area contributed by atoms with E-state index in [1.54, 1.807) is 7.11 Å². The molecule has 0 bridgehead atoms. The van der Waals surface area contributed by atoms with Crippen LogP contribution in [-0.4, -0.2) is 62.6 Å². The molecule has 4 nitrogen and oxygen atoms in total. The lowest BCUT2D eigenvalue weighted by Gasteiger charge is -2.34. The number of nitrogens with zero attached hydrogens (tertiary/aromatic N) is 1. The minimum absolute atomic E-state index is 0.229. The Morgan fingerprint density at radius 2 is 2.10 bits per heavy atom. The smallest absolute Gasteiger partial charge is 0.0589 e. The molecule has 2 N–H and O–H groups in total. The maximum Gasteiger partial charge on any atom is 0.0589 e. The molecular weight excluding hydrogens is 252 g/mol. The lowest BCUT2D eigenvalue weighted by Crippen LogP contribution is -2.46. The Morgan fingerprint density at radius 1 is 1.35 bits per heavy atom. The summed E-state index contributed by atoms with van der Waals surface area (Å²) in [6.45, 7) is 11.8. The van der Waals surface area contributed by atoms with Gasteiger partial charge in [-0.3, -0.25) is 4.90 Å². The molecule has 0 heterocycles. The Labute approximate surface area is 124 Å². The molecule has 2 atom stereocenters. The second kappa shape index (κ2) is 8.98. The van der Waals surface area contributed by atoms with Crippen molar-refractivity contribution >= 4 is 0 Å². The first-order valence-electron chi connectivity index (χ1n) is 8.10. The van der Waals surface area contributed by atoms with E-state index in [0.717, 1.165) is 32.8 Å². The third-order valence-corrected chi connectivity index (χ3v) is 4.61. The molecule has 0 aromatic rings. The van der Waals surface area contributed by atoms with Crippen molar-refractivity contribution in [3.63, 3.8) is 0 Å². The van der Waals surface area contributed by atoms with E-state index in [0.29, 0.717) is 17.4 Å². The van der Waals surface area contributed by atoms with Gasteiger partial charge in [-0.05, 0) is 37.1 Å². The predicted molar refractivity (Wildman–Crippen MR) is 84.0 cm³/mol. The average Bonchev–Trinajstić information content (AvgIpc) is 2.69. The molecule has 1 aliphatic carbocycles. The van der Waals surface area contributed by atoms with Crippen LogP contribution < -0.4 is 5.32 Å². The zero-order valence-electron chi connectivity index (χ0n) is 13.8. The highest BCUT2D eigenvalue weighted by atomic mass is 16.5. The van der Waals surface area contributed by atoms with E-state index in [2.05, 4.69) is 31.0 Å². The van der Waals surface area contributed by atoms with Gasteiger partial charge >= 0.3 is 0 Å². The second-order valence-electron chi connectivity index (χ2n) is 6.74. The fraction of sp³-hybridized carbons (Fsp3) is 1.00. The Kier molecular flexibility index (Phi) is 8.03. The minimum Gasteiger partial charge on any atom is -0.395 e. The Balaban J connectivity index is 2.57. The summed E-state index contributed by atoms with van der Waals surface area (Å²) in [5.41, 5.74) is 0.381. The fourth-order valence-corrected chi connectivity index (χ4v) is 3.44. The third-order valence-electron chi connectivity index (χ3n) is 4.61. The van der Waals surface area contributed by atoms with Crippen LogP contribution in [0.4, 0.5) is 0 Å². The number of ether oxygens (including phenoxy) is 1. The summed E-state index contributed by atoms with van der Waals surface area (Å²) in [5.74, 6) is 0.681. The van der Waals surface area contributed by atoms with Gasteiger partial charge in [0.2, 0.25) is 0 Å². The standard InChI is InChI=1S/C16H34N2O2/c1-5-8-17-15-14(6-7-16(15,2)3)13-18(9-11-19)10-12-20-4/h14-15,17,19H,5-13H2,1-4H3. The van der Waals surface area contributed by atoms with Gasteiger partial charge in [0.15, 0.2) is 0 Å². The highest BCUT2D eigenvalue weighted by Crippen LogP contribution is 2.41. The number of aliphatic hydroxyl groups excluding tert-OH is 1. The van der Waals surface area contributed by atoms with Crippen molar-refractivity contribution in [2.24, 2.45) is 11.3 Å². The monoisotopic (exact) mass is 286 g/mol. The first-order chi connectivity index (χ1) is 9.55. The maximum atomic E-state index is 9.22. The van der Waals surface area contributed by atoms with Crippen molar-refractivity contribution in [2.45, 2.75) is 46.1 Å². The summed E-state index contributed by atoms with van der Waals surface area (Å²) in [7, 11) is 1.74. The summed E-state index contributed by atoms with van der Waals surface area (Å²) in [6, 6.07) is 0.589. The highest BCUT2D eigenvalue weighted by Gasteiger charge is 2.41. The number of rotatable bonds is 10. The maximum absolute atomic E-state index is 9.22. The summed E-state index contributed by atoms with van der Waals surface area (Å²) in [4.78, 5) is 2.34. The summed E-state index contributed by atoms with van der Waals surface area (Å²) in [6.07, 6.45) is 3.75. The van der Waals surface area contributed by atoms with Crippen molar-refractivity contribution in [1.29, 1.82) is 0 Å². The van der Waals surface area contributed by atoms with Gasteiger partial charge in [-0.25, -0.2) is 0 Å². The number of hydrogen-bond acceptors (Lipinski definition) is 4. The van der Waals surface area contributed by atoms with E-state index in [1.807, 2.05) is 0 Å². The molecule has 1 aliphatic rings. The quantitative estimate of drug-likeness (QED) is 0.642. The second-order valence-corrected chi connectivity index (χ2v) is 6.74. The Bertz CT molecular complexity index is 259. The van der Waals surface area contributed by atoms with Gasteiger partial charge in [-0.15, -0.1) is 0 Å². The molecule has 0 aromatic carbocycles. The van der Waals surface area contributed by atoms with E-state index >= 15 is 0 Å². The molecule has 1 saturated carbocycles. The summed E-state index contributed by atoms with van der Waals surface area (Å²) >= 11 is 0. The first-order valence-corrected chi connectivity index (χ1v) is 8.10. The lowest BCUT2D eigenvalue weighted by atomic mass is 9.84. The number of methoxy groups -OCH3 is 1. The molecule has 0 aliphatic heterocycles. The SMILES string of the molecule is CCCNC1C(CN(CCO)CCOC)CCC1(C)C. The van der Waals surface area contributed by atoms with Crippen LogP contribution in [0.25, 0.3) is 0 Å². The third kappa shape index (κ3) is 5.32. The molecule has 4 heteroatoms. The summed E-state index contributed by atoms with van der Waals surface area (Å²) in [5, 5.41) is 13.0.